The van der Waals surface area contributed by atoms with Crippen molar-refractivity contribution in [3.8, 4) is 0 Å². The molecule has 1 atom stereocenters. The van der Waals surface area contributed by atoms with Crippen LogP contribution in [0.4, 0.5) is 0 Å². The molecule has 0 N–H and O–H groups in total. The van der Waals surface area contributed by atoms with E-state index in [0.717, 1.165) is 39.0 Å². The van der Waals surface area contributed by atoms with Gasteiger partial charge in [0.15, 0.2) is 0 Å². The second kappa shape index (κ2) is 8.73. The molecular weight excluding hydrogens is 353 g/mol. The van der Waals surface area contributed by atoms with E-state index in [1.807, 2.05) is 0 Å². The molecule has 1 rings (SSSR count). The van der Waals surface area contributed by atoms with Crippen molar-refractivity contribution in [2.24, 2.45) is 5.92 Å². The van der Waals surface area contributed by atoms with Crippen molar-refractivity contribution in [3.05, 3.63) is 12.2 Å². The number of hydrogen-bond acceptors (Lipinski definition) is 2. The Bertz CT molecular complexity index is 162. The predicted molar refractivity (Wildman–Crippen MR) is 46.6 cm³/mol. The summed E-state index contributed by atoms with van der Waals surface area (Å²) >= 11 is 1.05. The molecule has 0 amide bonds. The standard InChI is InChI=1S/C8H13.C2H4O2.Hg/c1-2-8-6-4-3-5-7-8;1-2(3)4;/h3-4,8H,1-2,5-7H2;1H3,(H,3,4);/q;;+1/p-1. The normalized spacial score (nSPS) is 20.4. The Morgan fingerprint density at radius 2 is 2.23 bits per heavy atom. The summed E-state index contributed by atoms with van der Waals surface area (Å²) in [5.41, 5.74) is 0. The quantitative estimate of drug-likeness (QED) is 0.547. The average Bonchev–Trinajstić information content (AvgIpc) is 2.06. The van der Waals surface area contributed by atoms with Crippen LogP contribution in [0.2, 0.25) is 3.93 Å². The van der Waals surface area contributed by atoms with Crippen LogP contribution in [-0.2, 0) is 30.9 Å². The van der Waals surface area contributed by atoms with Crippen LogP contribution in [0, 0.1) is 5.92 Å². The molecule has 0 heterocycles. The molecule has 1 aliphatic rings. The molecule has 2 nitrogen and oxygen atoms in total. The van der Waals surface area contributed by atoms with Crippen molar-refractivity contribution in [3.63, 3.8) is 0 Å². The van der Waals surface area contributed by atoms with Gasteiger partial charge in [-0.3, -0.25) is 0 Å². The Balaban J connectivity index is 0.000000310. The summed E-state index contributed by atoms with van der Waals surface area (Å²) in [6.45, 7) is 0.972. The number of carbonyl (C=O) groups is 1. The van der Waals surface area contributed by atoms with Crippen molar-refractivity contribution in [1.82, 2.24) is 0 Å². The third-order valence-corrected chi connectivity index (χ3v) is 3.58. The fraction of sp³-hybridized carbons (Fsp3) is 0.700. The number of rotatable bonds is 2. The molecule has 0 radical (unpaired) electrons. The minimum absolute atomic E-state index is 0.972. The molecular formula is C10H16HgO2. The zero-order valence-electron chi connectivity index (χ0n) is 8.29. The molecule has 0 aromatic carbocycles. The maximum absolute atomic E-state index is 8.89. The molecule has 13 heavy (non-hydrogen) atoms. The first-order valence-corrected chi connectivity index (χ1v) is 8.67. The van der Waals surface area contributed by atoms with Gasteiger partial charge in [0.1, 0.15) is 0 Å². The van der Waals surface area contributed by atoms with Crippen molar-refractivity contribution in [2.75, 3.05) is 0 Å². The number of allylic oxidation sites excluding steroid dienone is 2. The van der Waals surface area contributed by atoms with E-state index in [2.05, 4.69) is 12.2 Å². The summed E-state index contributed by atoms with van der Waals surface area (Å²) in [5, 5.41) is 8.89. The van der Waals surface area contributed by atoms with Crippen molar-refractivity contribution in [1.29, 1.82) is 0 Å². The molecule has 0 aromatic heterocycles. The minimum atomic E-state index is -1.08. The van der Waals surface area contributed by atoms with Gasteiger partial charge < -0.3 is 9.90 Å². The topological polar surface area (TPSA) is 40.1 Å². The third kappa shape index (κ3) is 10.1. The Hall–Kier alpha value is 0.145. The van der Waals surface area contributed by atoms with Gasteiger partial charge in [-0.05, 0) is 6.92 Å². The first-order valence-electron chi connectivity index (χ1n) is 4.78. The number of carboxylic acid groups (broad SMARTS) is 1. The Kier molecular flexibility index (Phi) is 8.83. The zero-order valence-corrected chi connectivity index (χ0v) is 13.8. The van der Waals surface area contributed by atoms with E-state index in [0.29, 0.717) is 0 Å². The Morgan fingerprint density at radius 3 is 2.62 bits per heavy atom. The molecule has 1 unspecified atom stereocenters. The summed E-state index contributed by atoms with van der Waals surface area (Å²) in [5.74, 6) is -0.0208. The molecule has 1 aliphatic carbocycles. The van der Waals surface area contributed by atoms with Crippen LogP contribution in [0.15, 0.2) is 12.2 Å². The fourth-order valence-electron chi connectivity index (χ4n) is 1.41. The van der Waals surface area contributed by atoms with Crippen molar-refractivity contribution >= 4 is 5.97 Å². The number of hydrogen-bond donors (Lipinski definition) is 0. The molecule has 3 heteroatoms. The summed E-state index contributed by atoms with van der Waals surface area (Å²) in [7, 11) is 0. The fourth-order valence-corrected chi connectivity index (χ4v) is 3.65. The molecule has 0 aromatic rings. The van der Waals surface area contributed by atoms with Gasteiger partial charge in [0.05, 0.1) is 0 Å². The van der Waals surface area contributed by atoms with Crippen molar-refractivity contribution in [2.45, 2.75) is 36.5 Å². The molecule has 0 aliphatic heterocycles. The summed E-state index contributed by atoms with van der Waals surface area (Å²) in [4.78, 5) is 8.89. The first kappa shape index (κ1) is 13.1. The van der Waals surface area contributed by atoms with Crippen LogP contribution in [0.1, 0.15) is 32.6 Å². The molecule has 0 saturated heterocycles. The molecule has 70 valence electrons. The van der Waals surface area contributed by atoms with Gasteiger partial charge in [-0.25, -0.2) is 0 Å². The third-order valence-electron chi connectivity index (χ3n) is 1.99. The van der Waals surface area contributed by atoms with E-state index in [4.69, 9.17) is 9.90 Å². The number of carbonyl (C=O) groups excluding carboxylic acids is 1. The second-order valence-electron chi connectivity index (χ2n) is 3.28. The Labute approximate surface area is 96.4 Å². The van der Waals surface area contributed by atoms with Crippen LogP contribution in [-0.4, -0.2) is 5.97 Å². The SMILES string of the molecule is CC(=O)[O-].[Hg+][CH2]CC1CC=CCC1. The number of carboxylic acids is 1. The maximum atomic E-state index is 8.89. The van der Waals surface area contributed by atoms with Crippen LogP contribution < -0.4 is 5.11 Å². The monoisotopic (exact) mass is 370 g/mol. The Morgan fingerprint density at radius 1 is 1.62 bits per heavy atom. The van der Waals surface area contributed by atoms with E-state index in [9.17, 15) is 0 Å². The van der Waals surface area contributed by atoms with Crippen LogP contribution in [0.3, 0.4) is 0 Å². The van der Waals surface area contributed by atoms with Crippen molar-refractivity contribution < 1.29 is 36.0 Å². The van der Waals surface area contributed by atoms with Gasteiger partial charge in [0.2, 0.25) is 0 Å². The van der Waals surface area contributed by atoms with Gasteiger partial charge in [0, 0.05) is 5.97 Å². The van der Waals surface area contributed by atoms with E-state index < -0.39 is 5.97 Å². The van der Waals surface area contributed by atoms with Gasteiger partial charge in [-0.15, -0.1) is 0 Å². The van der Waals surface area contributed by atoms with E-state index in [1.54, 1.807) is 3.93 Å². The molecule has 0 bridgehead atoms. The van der Waals surface area contributed by atoms with Gasteiger partial charge in [-0.1, -0.05) is 0 Å². The van der Waals surface area contributed by atoms with Crippen LogP contribution in [0.25, 0.3) is 0 Å². The zero-order chi connectivity index (χ0) is 10.1. The predicted octanol–water partition coefficient (Wildman–Crippen LogP) is 1.45. The summed E-state index contributed by atoms with van der Waals surface area (Å²) in [6, 6.07) is 0. The second-order valence-corrected chi connectivity index (χ2v) is 6.03. The molecule has 0 fully saturated rings. The van der Waals surface area contributed by atoms with E-state index >= 15 is 0 Å². The van der Waals surface area contributed by atoms with Gasteiger partial charge in [0.25, 0.3) is 0 Å². The average molecular weight is 369 g/mol. The van der Waals surface area contributed by atoms with E-state index in [1.165, 1.54) is 25.7 Å². The molecule has 0 spiro atoms. The first-order chi connectivity index (χ1) is 6.16. The van der Waals surface area contributed by atoms with Crippen LogP contribution >= 0.6 is 0 Å². The van der Waals surface area contributed by atoms with Gasteiger partial charge >= 0.3 is 73.8 Å². The summed E-state index contributed by atoms with van der Waals surface area (Å²) in [6.07, 6.45) is 10.4. The molecule has 0 saturated carbocycles. The van der Waals surface area contributed by atoms with Gasteiger partial charge in [-0.2, -0.15) is 0 Å². The summed E-state index contributed by atoms with van der Waals surface area (Å²) < 4.78 is 1.55. The van der Waals surface area contributed by atoms with E-state index in [-0.39, 0.29) is 0 Å². The van der Waals surface area contributed by atoms with Crippen LogP contribution in [0.5, 0.6) is 0 Å². The number of aliphatic carboxylic acids is 1.